The Balaban J connectivity index is 2.62. The first-order chi connectivity index (χ1) is 8.74. The lowest BCUT2D eigenvalue weighted by Crippen LogP contribution is -1.92. The summed E-state index contributed by atoms with van der Waals surface area (Å²) in [6, 6.07) is 6.31. The Labute approximate surface area is 103 Å². The Hall–Kier alpha value is -2.45. The van der Waals surface area contributed by atoms with E-state index in [4.69, 9.17) is 5.11 Å². The minimum absolute atomic E-state index is 0.00859. The van der Waals surface area contributed by atoms with Crippen LogP contribution in [0.4, 0.5) is 5.69 Å². The lowest BCUT2D eigenvalue weighted by atomic mass is 10.1. The van der Waals surface area contributed by atoms with Gasteiger partial charge in [-0.25, -0.2) is 0 Å². The summed E-state index contributed by atoms with van der Waals surface area (Å²) >= 11 is 0. The highest BCUT2D eigenvalue weighted by molar-refractivity contribution is 5.92. The number of hydrogen-bond donors (Lipinski definition) is 1. The fourth-order valence-electron chi connectivity index (χ4n) is 1.63. The molecular weight excluding hydrogens is 232 g/mol. The van der Waals surface area contributed by atoms with Gasteiger partial charge in [0.15, 0.2) is 0 Å². The van der Waals surface area contributed by atoms with Gasteiger partial charge in [-0.3, -0.25) is 15.1 Å². The van der Waals surface area contributed by atoms with Crippen LogP contribution < -0.4 is 0 Å². The summed E-state index contributed by atoms with van der Waals surface area (Å²) in [4.78, 5) is 14.6. The smallest absolute Gasteiger partial charge is 0.278 e. The molecule has 1 aromatic carbocycles. The van der Waals surface area contributed by atoms with Crippen LogP contribution in [0.15, 0.2) is 30.5 Å². The quantitative estimate of drug-likeness (QED) is 0.495. The number of hydrogen-bond acceptors (Lipinski definition) is 4. The van der Waals surface area contributed by atoms with Crippen LogP contribution in [0.25, 0.3) is 10.9 Å². The fraction of sp³-hybridized carbons (Fsp3) is 0.154. The van der Waals surface area contributed by atoms with Gasteiger partial charge in [0.1, 0.15) is 0 Å². The van der Waals surface area contributed by atoms with Crippen molar-refractivity contribution in [2.75, 3.05) is 6.61 Å². The average molecular weight is 242 g/mol. The summed E-state index contributed by atoms with van der Waals surface area (Å²) in [5.74, 6) is 5.64. The van der Waals surface area contributed by atoms with Crippen molar-refractivity contribution in [2.45, 2.75) is 6.42 Å². The predicted octanol–water partition coefficient (Wildman–Crippen LogP) is 1.88. The van der Waals surface area contributed by atoms with Crippen LogP contribution in [0.2, 0.25) is 0 Å². The molecule has 0 amide bonds. The minimum Gasteiger partial charge on any atom is -0.395 e. The van der Waals surface area contributed by atoms with E-state index in [0.29, 0.717) is 22.9 Å². The Morgan fingerprint density at radius 2 is 2.22 bits per heavy atom. The van der Waals surface area contributed by atoms with Gasteiger partial charge < -0.3 is 5.11 Å². The summed E-state index contributed by atoms with van der Waals surface area (Å²) < 4.78 is 0. The standard InChI is InChI=1S/C13H10N2O3/c16-9-2-1-4-10-6-7-12(15(17)18)11-5-3-8-14-13(10)11/h3,5-8,16H,2,9H2. The predicted molar refractivity (Wildman–Crippen MR) is 67.0 cm³/mol. The zero-order chi connectivity index (χ0) is 13.0. The second kappa shape index (κ2) is 5.25. The van der Waals surface area contributed by atoms with Gasteiger partial charge in [-0.05, 0) is 18.2 Å². The number of aliphatic hydroxyl groups is 1. The maximum Gasteiger partial charge on any atom is 0.278 e. The van der Waals surface area contributed by atoms with E-state index in [2.05, 4.69) is 16.8 Å². The van der Waals surface area contributed by atoms with Crippen molar-refractivity contribution in [1.82, 2.24) is 4.98 Å². The van der Waals surface area contributed by atoms with Crippen molar-refractivity contribution in [3.05, 3.63) is 46.1 Å². The third kappa shape index (κ3) is 2.29. The number of aliphatic hydroxyl groups excluding tert-OH is 1. The lowest BCUT2D eigenvalue weighted by Gasteiger charge is -2.00. The van der Waals surface area contributed by atoms with Crippen LogP contribution in [-0.2, 0) is 0 Å². The first-order valence-corrected chi connectivity index (χ1v) is 5.36. The molecule has 90 valence electrons. The Kier molecular flexibility index (Phi) is 3.51. The van der Waals surface area contributed by atoms with Crippen molar-refractivity contribution in [1.29, 1.82) is 0 Å². The molecule has 1 N–H and O–H groups in total. The van der Waals surface area contributed by atoms with Crippen molar-refractivity contribution < 1.29 is 10.0 Å². The molecule has 0 saturated carbocycles. The van der Waals surface area contributed by atoms with E-state index in [-0.39, 0.29) is 12.3 Å². The molecule has 0 aliphatic heterocycles. The number of nitro groups is 1. The average Bonchev–Trinajstić information content (AvgIpc) is 2.38. The van der Waals surface area contributed by atoms with E-state index >= 15 is 0 Å². The molecule has 1 heterocycles. The van der Waals surface area contributed by atoms with E-state index in [1.54, 1.807) is 24.4 Å². The number of non-ortho nitro benzene ring substituents is 1. The monoisotopic (exact) mass is 242 g/mol. The molecule has 0 bridgehead atoms. The molecule has 0 aliphatic carbocycles. The molecular formula is C13H10N2O3. The molecule has 0 atom stereocenters. The third-order valence-corrected chi connectivity index (χ3v) is 2.40. The molecule has 0 unspecified atom stereocenters. The molecule has 0 aliphatic rings. The van der Waals surface area contributed by atoms with E-state index in [1.807, 2.05) is 0 Å². The number of rotatable bonds is 2. The second-order valence-electron chi connectivity index (χ2n) is 3.56. The molecule has 2 rings (SSSR count). The van der Waals surface area contributed by atoms with Gasteiger partial charge in [-0.2, -0.15) is 0 Å². The highest BCUT2D eigenvalue weighted by Gasteiger charge is 2.13. The first-order valence-electron chi connectivity index (χ1n) is 5.36. The minimum atomic E-state index is -0.436. The van der Waals surface area contributed by atoms with Crippen LogP contribution in [0.3, 0.4) is 0 Å². The van der Waals surface area contributed by atoms with Gasteiger partial charge in [0.2, 0.25) is 0 Å². The normalized spacial score (nSPS) is 9.83. The summed E-state index contributed by atoms with van der Waals surface area (Å²) in [5.41, 5.74) is 1.16. The highest BCUT2D eigenvalue weighted by Crippen LogP contribution is 2.26. The Morgan fingerprint density at radius 1 is 1.39 bits per heavy atom. The fourth-order valence-corrected chi connectivity index (χ4v) is 1.63. The molecule has 1 aromatic heterocycles. The molecule has 0 radical (unpaired) electrons. The first kappa shape index (κ1) is 12.0. The summed E-state index contributed by atoms with van der Waals surface area (Å²) in [6.07, 6.45) is 1.94. The van der Waals surface area contributed by atoms with Crippen molar-refractivity contribution >= 4 is 16.6 Å². The zero-order valence-electron chi connectivity index (χ0n) is 9.46. The van der Waals surface area contributed by atoms with Gasteiger partial charge >= 0.3 is 0 Å². The van der Waals surface area contributed by atoms with E-state index in [1.165, 1.54) is 6.07 Å². The van der Waals surface area contributed by atoms with Gasteiger partial charge in [-0.1, -0.05) is 11.8 Å². The number of benzene rings is 1. The zero-order valence-corrected chi connectivity index (χ0v) is 9.46. The number of nitro benzene ring substituents is 1. The Morgan fingerprint density at radius 3 is 2.94 bits per heavy atom. The molecule has 2 aromatic rings. The molecule has 5 heteroatoms. The summed E-state index contributed by atoms with van der Waals surface area (Å²) in [5, 5.41) is 20.0. The maximum atomic E-state index is 10.9. The van der Waals surface area contributed by atoms with Gasteiger partial charge in [0, 0.05) is 18.7 Å². The second-order valence-corrected chi connectivity index (χ2v) is 3.56. The topological polar surface area (TPSA) is 76.3 Å². The van der Waals surface area contributed by atoms with Gasteiger partial charge in [0.05, 0.1) is 28.0 Å². The van der Waals surface area contributed by atoms with Crippen LogP contribution in [0.5, 0.6) is 0 Å². The molecule has 18 heavy (non-hydrogen) atoms. The largest absolute Gasteiger partial charge is 0.395 e. The highest BCUT2D eigenvalue weighted by atomic mass is 16.6. The molecule has 5 nitrogen and oxygen atoms in total. The van der Waals surface area contributed by atoms with Gasteiger partial charge in [0.25, 0.3) is 5.69 Å². The number of fused-ring (bicyclic) bond motifs is 1. The number of aromatic nitrogens is 1. The van der Waals surface area contributed by atoms with E-state index < -0.39 is 4.92 Å². The van der Waals surface area contributed by atoms with Crippen LogP contribution >= 0.6 is 0 Å². The van der Waals surface area contributed by atoms with Crippen molar-refractivity contribution in [3.8, 4) is 11.8 Å². The van der Waals surface area contributed by atoms with Gasteiger partial charge in [-0.15, -0.1) is 0 Å². The Bertz CT molecular complexity index is 656. The molecule has 0 spiro atoms. The van der Waals surface area contributed by atoms with Crippen LogP contribution in [-0.4, -0.2) is 21.6 Å². The lowest BCUT2D eigenvalue weighted by molar-refractivity contribution is -0.383. The van der Waals surface area contributed by atoms with Crippen molar-refractivity contribution in [2.24, 2.45) is 0 Å². The number of pyridine rings is 1. The third-order valence-electron chi connectivity index (χ3n) is 2.40. The maximum absolute atomic E-state index is 10.9. The van der Waals surface area contributed by atoms with Crippen molar-refractivity contribution in [3.63, 3.8) is 0 Å². The number of nitrogens with zero attached hydrogens (tertiary/aromatic N) is 2. The van der Waals surface area contributed by atoms with Crippen LogP contribution in [0.1, 0.15) is 12.0 Å². The molecule has 0 saturated heterocycles. The van der Waals surface area contributed by atoms with E-state index in [9.17, 15) is 10.1 Å². The van der Waals surface area contributed by atoms with E-state index in [0.717, 1.165) is 0 Å². The van der Waals surface area contributed by atoms with Crippen LogP contribution in [0, 0.1) is 22.0 Å². The molecule has 0 fully saturated rings. The summed E-state index contributed by atoms with van der Waals surface area (Å²) in [6.45, 7) is -0.00859. The SMILES string of the molecule is O=[N+]([O-])c1ccc(C#CCCO)c2ncccc12. The summed E-state index contributed by atoms with van der Waals surface area (Å²) in [7, 11) is 0.